The number of nitrogens with two attached hydrogens (primary N) is 1. The maximum atomic E-state index is 13.4. The maximum absolute atomic E-state index is 13.4. The smallest absolute Gasteiger partial charge is 0.305 e. The summed E-state index contributed by atoms with van der Waals surface area (Å²) in [6.45, 7) is 1.35. The average Bonchev–Trinajstić information content (AvgIpc) is 3.72. The van der Waals surface area contributed by atoms with Gasteiger partial charge in [-0.15, -0.1) is 0 Å². The van der Waals surface area contributed by atoms with Gasteiger partial charge in [-0.25, -0.2) is 8.42 Å². The fourth-order valence-corrected chi connectivity index (χ4v) is 5.57. The van der Waals surface area contributed by atoms with Gasteiger partial charge in [-0.2, -0.15) is 9.98 Å². The molecule has 206 valence electrons. The molecule has 2 aliphatic rings. The third-order valence-electron chi connectivity index (χ3n) is 6.56. The standard InChI is InChI=1S/C24H33N7O6S/c25-13-16-3-7-19(8-4-16)38(36,37)29-20(23(35)31(18-5-6-18)11-9-22(33)34)12-21(32)28-14-17-2-1-10-30(15-17)24(26)27/h3-4,7-8,17-18,20,29H,1-2,5-6,9-12,14-15H2,(H3,26,27)(H,28,32)(H,33,34)/t17-,20-/m0/s1. The van der Waals surface area contributed by atoms with Crippen LogP contribution in [0.15, 0.2) is 29.2 Å². The van der Waals surface area contributed by atoms with Crippen LogP contribution in [0, 0.1) is 22.7 Å². The van der Waals surface area contributed by atoms with Crippen LogP contribution in [0.5, 0.6) is 0 Å². The molecule has 1 aromatic rings. The highest BCUT2D eigenvalue weighted by molar-refractivity contribution is 7.89. The largest absolute Gasteiger partial charge is 0.481 e. The van der Waals surface area contributed by atoms with Crippen molar-refractivity contribution in [2.45, 2.75) is 55.5 Å². The first-order valence-corrected chi connectivity index (χ1v) is 13.9. The molecule has 2 amide bonds. The number of nitrogens with one attached hydrogen (secondary N) is 3. The van der Waals surface area contributed by atoms with E-state index < -0.39 is 40.3 Å². The molecule has 2 atom stereocenters. The fraction of sp³-hybridized carbons (Fsp3) is 0.542. The molecule has 2 fully saturated rings. The van der Waals surface area contributed by atoms with Gasteiger partial charge < -0.3 is 26.0 Å². The van der Waals surface area contributed by atoms with Crippen LogP contribution in [0.1, 0.15) is 44.1 Å². The molecule has 1 saturated carbocycles. The Morgan fingerprint density at radius 3 is 2.50 bits per heavy atom. The molecule has 6 N–H and O–H groups in total. The van der Waals surface area contributed by atoms with E-state index in [9.17, 15) is 22.8 Å². The third-order valence-corrected chi connectivity index (χ3v) is 8.05. The second-order valence-corrected chi connectivity index (χ2v) is 11.3. The summed E-state index contributed by atoms with van der Waals surface area (Å²) in [5, 5.41) is 28.4. The zero-order chi connectivity index (χ0) is 27.9. The summed E-state index contributed by atoms with van der Waals surface area (Å²) in [7, 11) is -4.24. The van der Waals surface area contributed by atoms with Gasteiger partial charge in [-0.1, -0.05) is 0 Å². The van der Waals surface area contributed by atoms with Crippen molar-refractivity contribution in [1.82, 2.24) is 19.8 Å². The van der Waals surface area contributed by atoms with Crippen LogP contribution >= 0.6 is 0 Å². The summed E-state index contributed by atoms with van der Waals surface area (Å²) in [6, 6.07) is 5.37. The molecule has 14 heteroatoms. The Hall–Kier alpha value is -3.70. The number of sulfonamides is 1. The highest BCUT2D eigenvalue weighted by Gasteiger charge is 2.38. The molecule has 0 spiro atoms. The Balaban J connectivity index is 1.74. The molecular weight excluding hydrogens is 514 g/mol. The summed E-state index contributed by atoms with van der Waals surface area (Å²) >= 11 is 0. The predicted molar refractivity (Wildman–Crippen MR) is 136 cm³/mol. The van der Waals surface area contributed by atoms with E-state index in [2.05, 4.69) is 10.0 Å². The molecular formula is C24H33N7O6S. The van der Waals surface area contributed by atoms with Crippen molar-refractivity contribution in [3.8, 4) is 6.07 Å². The molecule has 0 bridgehead atoms. The molecule has 1 saturated heterocycles. The van der Waals surface area contributed by atoms with Gasteiger partial charge in [0, 0.05) is 32.2 Å². The molecule has 38 heavy (non-hydrogen) atoms. The van der Waals surface area contributed by atoms with E-state index in [1.807, 2.05) is 6.07 Å². The highest BCUT2D eigenvalue weighted by Crippen LogP contribution is 2.28. The van der Waals surface area contributed by atoms with Crippen molar-refractivity contribution < 1.29 is 27.9 Å². The van der Waals surface area contributed by atoms with E-state index in [0.29, 0.717) is 25.9 Å². The number of benzene rings is 1. The Labute approximate surface area is 221 Å². The van der Waals surface area contributed by atoms with Crippen LogP contribution in [0.2, 0.25) is 0 Å². The van der Waals surface area contributed by atoms with E-state index in [1.54, 1.807) is 4.90 Å². The van der Waals surface area contributed by atoms with Crippen molar-refractivity contribution in [3.05, 3.63) is 29.8 Å². The zero-order valence-corrected chi connectivity index (χ0v) is 21.7. The first kappa shape index (κ1) is 28.9. The van der Waals surface area contributed by atoms with Gasteiger partial charge in [-0.05, 0) is 55.9 Å². The number of carbonyl (C=O) groups is 3. The number of carbonyl (C=O) groups excluding carboxylic acids is 2. The second kappa shape index (κ2) is 12.7. The molecule has 13 nitrogen and oxygen atoms in total. The van der Waals surface area contributed by atoms with E-state index >= 15 is 0 Å². The number of nitriles is 1. The van der Waals surface area contributed by atoms with Gasteiger partial charge in [0.2, 0.25) is 21.8 Å². The molecule has 3 rings (SSSR count). The van der Waals surface area contributed by atoms with E-state index in [-0.39, 0.29) is 47.9 Å². The van der Waals surface area contributed by atoms with Crippen molar-refractivity contribution in [1.29, 1.82) is 10.7 Å². The van der Waals surface area contributed by atoms with Crippen LogP contribution in [-0.4, -0.2) is 85.3 Å². The second-order valence-electron chi connectivity index (χ2n) is 9.56. The number of aliphatic carboxylic acids is 1. The summed E-state index contributed by atoms with van der Waals surface area (Å²) in [5.41, 5.74) is 5.83. The number of carboxylic acid groups (broad SMARTS) is 1. The van der Waals surface area contributed by atoms with E-state index in [1.165, 1.54) is 29.2 Å². The Morgan fingerprint density at radius 1 is 1.24 bits per heavy atom. The lowest BCUT2D eigenvalue weighted by Crippen LogP contribution is -2.52. The number of carboxylic acids is 1. The lowest BCUT2D eigenvalue weighted by molar-refractivity contribution is -0.140. The molecule has 0 radical (unpaired) electrons. The maximum Gasteiger partial charge on any atom is 0.305 e. The molecule has 0 unspecified atom stereocenters. The minimum Gasteiger partial charge on any atom is -0.481 e. The van der Waals surface area contributed by atoms with Crippen molar-refractivity contribution >= 4 is 33.8 Å². The van der Waals surface area contributed by atoms with E-state index in [0.717, 1.165) is 12.8 Å². The lowest BCUT2D eigenvalue weighted by atomic mass is 9.98. The first-order valence-electron chi connectivity index (χ1n) is 12.4. The SMILES string of the molecule is N#Cc1ccc(S(=O)(=O)N[C@@H](CC(=O)NC[C@@H]2CCCN(C(=N)N)C2)C(=O)N(CCC(=O)O)C2CC2)cc1. The number of hydrogen-bond acceptors (Lipinski definition) is 7. The van der Waals surface area contributed by atoms with Crippen LogP contribution in [0.4, 0.5) is 0 Å². The molecule has 0 aromatic heterocycles. The summed E-state index contributed by atoms with van der Waals surface area (Å²) < 4.78 is 28.5. The Morgan fingerprint density at radius 2 is 1.92 bits per heavy atom. The number of guanidine groups is 1. The van der Waals surface area contributed by atoms with Gasteiger partial charge in [0.1, 0.15) is 6.04 Å². The van der Waals surface area contributed by atoms with Crippen LogP contribution in [0.25, 0.3) is 0 Å². The number of likely N-dealkylation sites (tertiary alicyclic amines) is 1. The Kier molecular flexibility index (Phi) is 9.65. The molecule has 1 aliphatic carbocycles. The normalized spacial score (nSPS) is 18.2. The van der Waals surface area contributed by atoms with Gasteiger partial charge in [0.05, 0.1) is 29.4 Å². The van der Waals surface area contributed by atoms with Gasteiger partial charge in [0.25, 0.3) is 0 Å². The van der Waals surface area contributed by atoms with Crippen molar-refractivity contribution in [2.75, 3.05) is 26.2 Å². The zero-order valence-electron chi connectivity index (χ0n) is 20.9. The monoisotopic (exact) mass is 547 g/mol. The number of rotatable bonds is 12. The topological polar surface area (TPSA) is 210 Å². The van der Waals surface area contributed by atoms with Gasteiger partial charge in [-0.3, -0.25) is 19.8 Å². The first-order chi connectivity index (χ1) is 18.0. The summed E-state index contributed by atoms with van der Waals surface area (Å²) in [6.07, 6.45) is 2.18. The van der Waals surface area contributed by atoms with Crippen LogP contribution in [0.3, 0.4) is 0 Å². The van der Waals surface area contributed by atoms with E-state index in [4.69, 9.17) is 21.5 Å². The van der Waals surface area contributed by atoms with Gasteiger partial charge >= 0.3 is 5.97 Å². The minimum atomic E-state index is -4.24. The fourth-order valence-electron chi connectivity index (χ4n) is 4.38. The minimum absolute atomic E-state index is 0.0366. The van der Waals surface area contributed by atoms with Crippen LogP contribution in [-0.2, 0) is 24.4 Å². The predicted octanol–water partition coefficient (Wildman–Crippen LogP) is -0.217. The third kappa shape index (κ3) is 8.15. The van der Waals surface area contributed by atoms with Gasteiger partial charge in [0.15, 0.2) is 5.96 Å². The quantitative estimate of drug-likeness (QED) is 0.173. The van der Waals surface area contributed by atoms with Crippen molar-refractivity contribution in [2.24, 2.45) is 11.7 Å². The lowest BCUT2D eigenvalue weighted by Gasteiger charge is -2.33. The summed E-state index contributed by atoms with van der Waals surface area (Å²) in [5.74, 6) is -2.30. The number of nitrogens with zero attached hydrogens (tertiary/aromatic N) is 3. The highest BCUT2D eigenvalue weighted by atomic mass is 32.2. The van der Waals surface area contributed by atoms with Crippen molar-refractivity contribution in [3.63, 3.8) is 0 Å². The molecule has 1 aromatic carbocycles. The average molecular weight is 548 g/mol. The molecule has 1 aliphatic heterocycles. The number of hydrogen-bond donors (Lipinski definition) is 5. The number of amides is 2. The van der Waals surface area contributed by atoms with Crippen LogP contribution < -0.4 is 15.8 Å². The number of piperidine rings is 1. The summed E-state index contributed by atoms with van der Waals surface area (Å²) in [4.78, 5) is 40.3. The molecule has 1 heterocycles. The Bertz CT molecular complexity index is 1190.